The number of benzene rings is 1. The molecule has 0 bridgehead atoms. The molecule has 1 aromatic carbocycles. The van der Waals surface area contributed by atoms with Gasteiger partial charge in [-0.3, -0.25) is 0 Å². The van der Waals surface area contributed by atoms with E-state index in [2.05, 4.69) is 14.5 Å². The molecule has 0 spiro atoms. The zero-order valence-electron chi connectivity index (χ0n) is 13.6. The monoisotopic (exact) mass is 370 g/mol. The normalized spacial score (nSPS) is 13.5. The van der Waals surface area contributed by atoms with Gasteiger partial charge in [0.2, 0.25) is 0 Å². The number of nitrogens with zero attached hydrogens (tertiary/aromatic N) is 4. The first kappa shape index (κ1) is 15.5. The van der Waals surface area contributed by atoms with Gasteiger partial charge in [-0.2, -0.15) is 0 Å². The van der Waals surface area contributed by atoms with Crippen LogP contribution in [0.5, 0.6) is 0 Å². The lowest BCUT2D eigenvalue weighted by molar-refractivity contribution is 0.603. The van der Waals surface area contributed by atoms with E-state index in [1.54, 1.807) is 6.20 Å². The Hall–Kier alpha value is -2.73. The fourth-order valence-electron chi connectivity index (χ4n) is 3.57. The van der Waals surface area contributed by atoms with Crippen LogP contribution in [-0.4, -0.2) is 18.9 Å². The molecule has 7 heteroatoms. The van der Waals surface area contributed by atoms with Crippen LogP contribution in [0.2, 0.25) is 5.02 Å². The van der Waals surface area contributed by atoms with Crippen LogP contribution in [0.15, 0.2) is 42.9 Å². The molecule has 0 saturated heterocycles. The van der Waals surface area contributed by atoms with Crippen LogP contribution < -0.4 is 0 Å². The maximum absolute atomic E-state index is 14.6. The zero-order chi connectivity index (χ0) is 17.8. The Morgan fingerprint density at radius 2 is 2.00 bits per heavy atom. The smallest absolute Gasteiger partial charge is 0.142 e. The molecule has 1 aliphatic rings. The van der Waals surface area contributed by atoms with E-state index in [9.17, 15) is 8.78 Å². The molecule has 0 saturated carbocycles. The maximum atomic E-state index is 14.6. The molecule has 4 nitrogen and oxygen atoms in total. The minimum absolute atomic E-state index is 0.120. The van der Waals surface area contributed by atoms with Crippen molar-refractivity contribution in [3.8, 4) is 22.5 Å². The Kier molecular flexibility index (Phi) is 3.37. The third-order valence-electron chi connectivity index (χ3n) is 4.76. The largest absolute Gasteiger partial charge is 0.327 e. The molecule has 0 amide bonds. The molecule has 4 heterocycles. The molecule has 0 unspecified atom stereocenters. The Balaban J connectivity index is 1.78. The molecule has 130 valence electrons. The number of rotatable bonds is 2. The minimum Gasteiger partial charge on any atom is -0.327 e. The summed E-state index contributed by atoms with van der Waals surface area (Å²) in [5, 5.41) is -0.237. The highest BCUT2D eigenvalue weighted by Gasteiger charge is 2.25. The van der Waals surface area contributed by atoms with Gasteiger partial charge in [0, 0.05) is 42.7 Å². The van der Waals surface area contributed by atoms with Crippen LogP contribution in [0, 0.1) is 11.6 Å². The average Bonchev–Trinajstić information content (AvgIpc) is 3.32. The summed E-state index contributed by atoms with van der Waals surface area (Å²) in [5.74, 6) is -0.360. The fourth-order valence-corrected chi connectivity index (χ4v) is 3.72. The highest BCUT2D eigenvalue weighted by atomic mass is 35.5. The number of halogens is 3. The third-order valence-corrected chi connectivity index (χ3v) is 5.05. The predicted molar refractivity (Wildman–Crippen MR) is 95.1 cm³/mol. The lowest BCUT2D eigenvalue weighted by Crippen LogP contribution is -1.98. The van der Waals surface area contributed by atoms with Crippen LogP contribution >= 0.6 is 11.6 Å². The number of imidazole rings is 2. The van der Waals surface area contributed by atoms with Crippen LogP contribution in [0.4, 0.5) is 8.78 Å². The molecule has 1 aliphatic heterocycles. The Morgan fingerprint density at radius 1 is 1.12 bits per heavy atom. The Bertz CT molecular complexity index is 1160. The number of pyridine rings is 1. The van der Waals surface area contributed by atoms with Crippen molar-refractivity contribution in [1.82, 2.24) is 18.9 Å². The van der Waals surface area contributed by atoms with Crippen LogP contribution in [0.1, 0.15) is 12.2 Å². The minimum atomic E-state index is -0.660. The summed E-state index contributed by atoms with van der Waals surface area (Å²) in [6.07, 6.45) is 7.30. The molecule has 4 aromatic rings. The zero-order valence-corrected chi connectivity index (χ0v) is 14.3. The predicted octanol–water partition coefficient (Wildman–Crippen LogP) is 4.74. The second kappa shape index (κ2) is 5.64. The number of aromatic nitrogens is 4. The van der Waals surface area contributed by atoms with Crippen molar-refractivity contribution in [2.45, 2.75) is 19.4 Å². The molecular weight excluding hydrogens is 358 g/mol. The van der Waals surface area contributed by atoms with Crippen molar-refractivity contribution in [1.29, 1.82) is 0 Å². The SMILES string of the molecule is Fc1cc(-c2nc3n(c2-c2ccc4nccn4c2)CCC3)c(F)cc1Cl. The molecule has 0 aliphatic carbocycles. The van der Waals surface area contributed by atoms with Gasteiger partial charge in [-0.1, -0.05) is 11.6 Å². The Morgan fingerprint density at radius 3 is 2.88 bits per heavy atom. The van der Waals surface area contributed by atoms with E-state index in [4.69, 9.17) is 11.6 Å². The van der Waals surface area contributed by atoms with Gasteiger partial charge in [-0.15, -0.1) is 0 Å². The van der Waals surface area contributed by atoms with Gasteiger partial charge in [-0.05, 0) is 30.7 Å². The molecule has 0 N–H and O–H groups in total. The van der Waals surface area contributed by atoms with Crippen molar-refractivity contribution >= 4 is 17.2 Å². The van der Waals surface area contributed by atoms with Gasteiger partial charge in [0.25, 0.3) is 0 Å². The van der Waals surface area contributed by atoms with Gasteiger partial charge in [0.05, 0.1) is 16.4 Å². The molecule has 0 atom stereocenters. The molecule has 5 rings (SSSR count). The van der Waals surface area contributed by atoms with Crippen molar-refractivity contribution in [2.24, 2.45) is 0 Å². The van der Waals surface area contributed by atoms with E-state index in [1.165, 1.54) is 0 Å². The molecule has 26 heavy (non-hydrogen) atoms. The van der Waals surface area contributed by atoms with Gasteiger partial charge in [-0.25, -0.2) is 18.7 Å². The fraction of sp³-hybridized carbons (Fsp3) is 0.158. The molecule has 0 fully saturated rings. The standard InChI is InChI=1S/C19H13ClF2N4/c20-13-9-14(21)12(8-15(13)22)18-19(26-6-1-2-17(26)24-18)11-3-4-16-23-5-7-25(16)10-11/h3-5,7-10H,1-2,6H2. The summed E-state index contributed by atoms with van der Waals surface area (Å²) in [5.41, 5.74) is 3.04. The second-order valence-corrected chi connectivity index (χ2v) is 6.74. The summed E-state index contributed by atoms with van der Waals surface area (Å²) in [6.45, 7) is 0.803. The van der Waals surface area contributed by atoms with Gasteiger partial charge in [0.1, 0.15) is 23.1 Å². The highest BCUT2D eigenvalue weighted by molar-refractivity contribution is 6.30. The van der Waals surface area contributed by atoms with Crippen LogP contribution in [0.25, 0.3) is 28.2 Å². The van der Waals surface area contributed by atoms with E-state index >= 15 is 0 Å². The number of hydrogen-bond donors (Lipinski definition) is 0. The quantitative estimate of drug-likeness (QED) is 0.478. The van der Waals surface area contributed by atoms with E-state index in [0.29, 0.717) is 5.69 Å². The first-order valence-electron chi connectivity index (χ1n) is 8.29. The number of aryl methyl sites for hydroxylation is 1. The average molecular weight is 371 g/mol. The van der Waals surface area contributed by atoms with E-state index in [0.717, 1.165) is 54.2 Å². The van der Waals surface area contributed by atoms with E-state index < -0.39 is 11.6 Å². The first-order valence-corrected chi connectivity index (χ1v) is 8.67. The summed E-state index contributed by atoms with van der Waals surface area (Å²) in [6, 6.07) is 5.94. The first-order chi connectivity index (χ1) is 12.6. The van der Waals surface area contributed by atoms with Gasteiger partial charge < -0.3 is 8.97 Å². The second-order valence-electron chi connectivity index (χ2n) is 6.34. The lowest BCUT2D eigenvalue weighted by atomic mass is 10.0. The third kappa shape index (κ3) is 2.25. The molecule has 0 radical (unpaired) electrons. The van der Waals surface area contributed by atoms with Crippen LogP contribution in [-0.2, 0) is 13.0 Å². The van der Waals surface area contributed by atoms with Crippen molar-refractivity contribution in [3.63, 3.8) is 0 Å². The highest BCUT2D eigenvalue weighted by Crippen LogP contribution is 2.37. The Labute approximate surface area is 152 Å². The van der Waals surface area contributed by atoms with Crippen LogP contribution in [0.3, 0.4) is 0 Å². The summed E-state index contributed by atoms with van der Waals surface area (Å²) in [4.78, 5) is 8.87. The van der Waals surface area contributed by atoms with E-state index in [-0.39, 0.29) is 10.6 Å². The maximum Gasteiger partial charge on any atom is 0.142 e. The van der Waals surface area contributed by atoms with Crippen molar-refractivity contribution in [2.75, 3.05) is 0 Å². The summed E-state index contributed by atoms with van der Waals surface area (Å²) < 4.78 is 32.5. The number of fused-ring (bicyclic) bond motifs is 2. The summed E-state index contributed by atoms with van der Waals surface area (Å²) >= 11 is 5.71. The van der Waals surface area contributed by atoms with Crippen molar-refractivity contribution in [3.05, 3.63) is 65.3 Å². The topological polar surface area (TPSA) is 35.1 Å². The molecule has 3 aromatic heterocycles. The summed E-state index contributed by atoms with van der Waals surface area (Å²) in [7, 11) is 0. The van der Waals surface area contributed by atoms with Crippen molar-refractivity contribution < 1.29 is 8.78 Å². The molecular formula is C19H13ClF2N4. The van der Waals surface area contributed by atoms with Gasteiger partial charge >= 0.3 is 0 Å². The number of hydrogen-bond acceptors (Lipinski definition) is 2. The lowest BCUT2D eigenvalue weighted by Gasteiger charge is -2.10. The van der Waals surface area contributed by atoms with E-state index in [1.807, 2.05) is 28.9 Å². The van der Waals surface area contributed by atoms with Gasteiger partial charge in [0.15, 0.2) is 0 Å².